The minimum Gasteiger partial charge on any atom is -0.377 e. The zero-order valence-electron chi connectivity index (χ0n) is 15.0. The van der Waals surface area contributed by atoms with Crippen LogP contribution >= 0.6 is 11.8 Å². The van der Waals surface area contributed by atoms with E-state index in [4.69, 9.17) is 9.73 Å². The number of thioether (sulfide) groups is 1. The molecule has 22 heavy (non-hydrogen) atoms. The van der Waals surface area contributed by atoms with Crippen LogP contribution in [0.4, 0.5) is 0 Å². The van der Waals surface area contributed by atoms with Crippen LogP contribution in [0.5, 0.6) is 0 Å². The molecule has 128 valence electrons. The summed E-state index contributed by atoms with van der Waals surface area (Å²) in [6, 6.07) is 0.452. The van der Waals surface area contributed by atoms with E-state index in [9.17, 15) is 0 Å². The summed E-state index contributed by atoms with van der Waals surface area (Å²) >= 11 is 1.86. The third-order valence-corrected chi connectivity index (χ3v) is 6.37. The molecule has 4 nitrogen and oxygen atoms in total. The van der Waals surface area contributed by atoms with Crippen LogP contribution in [0.1, 0.15) is 47.5 Å². The standard InChI is InChI=1S/C17H33N3OS/c1-7-18-15(19-11-16(2,3)22-6)20-13-12-9-8-10-21-14(12)17(13,4)5/h12-14H,7-11H2,1-6H3,(H2,18,19,20). The molecule has 2 rings (SSSR count). The van der Waals surface area contributed by atoms with Crippen molar-refractivity contribution in [3.05, 3.63) is 0 Å². The topological polar surface area (TPSA) is 45.7 Å². The Balaban J connectivity index is 2.02. The van der Waals surface area contributed by atoms with E-state index in [1.807, 2.05) is 11.8 Å². The fraction of sp³-hybridized carbons (Fsp3) is 0.941. The van der Waals surface area contributed by atoms with Gasteiger partial charge in [-0.2, -0.15) is 11.8 Å². The lowest BCUT2D eigenvalue weighted by Gasteiger charge is -2.60. The Morgan fingerprint density at radius 2 is 2.14 bits per heavy atom. The number of fused-ring (bicyclic) bond motifs is 1. The first-order valence-corrected chi connectivity index (χ1v) is 9.76. The van der Waals surface area contributed by atoms with Crippen LogP contribution in [0.15, 0.2) is 4.99 Å². The van der Waals surface area contributed by atoms with E-state index in [2.05, 4.69) is 51.5 Å². The Bertz CT molecular complexity index is 409. The molecule has 2 N–H and O–H groups in total. The fourth-order valence-electron chi connectivity index (χ4n) is 3.62. The van der Waals surface area contributed by atoms with E-state index >= 15 is 0 Å². The van der Waals surface area contributed by atoms with Crippen molar-refractivity contribution in [2.45, 2.75) is 64.4 Å². The molecule has 0 spiro atoms. The van der Waals surface area contributed by atoms with Crippen molar-refractivity contribution in [1.82, 2.24) is 10.6 Å². The third kappa shape index (κ3) is 3.73. The number of guanidine groups is 1. The number of ether oxygens (including phenoxy) is 1. The Kier molecular flexibility index (Phi) is 5.70. The molecule has 0 amide bonds. The summed E-state index contributed by atoms with van der Waals surface area (Å²) in [5, 5.41) is 7.09. The summed E-state index contributed by atoms with van der Waals surface area (Å²) in [6.45, 7) is 13.9. The molecule has 3 atom stereocenters. The van der Waals surface area contributed by atoms with Crippen molar-refractivity contribution in [2.24, 2.45) is 16.3 Å². The number of hydrogen-bond acceptors (Lipinski definition) is 3. The minimum absolute atomic E-state index is 0.175. The maximum absolute atomic E-state index is 5.99. The van der Waals surface area contributed by atoms with Crippen molar-refractivity contribution in [3.63, 3.8) is 0 Å². The molecule has 0 radical (unpaired) electrons. The van der Waals surface area contributed by atoms with Crippen molar-refractivity contribution >= 4 is 17.7 Å². The molecule has 0 aromatic heterocycles. The molecule has 0 aromatic carbocycles. The van der Waals surface area contributed by atoms with Crippen molar-refractivity contribution in [2.75, 3.05) is 26.0 Å². The molecule has 2 fully saturated rings. The van der Waals surface area contributed by atoms with Gasteiger partial charge in [-0.05, 0) is 39.9 Å². The zero-order chi connectivity index (χ0) is 16.4. The van der Waals surface area contributed by atoms with Crippen LogP contribution in [-0.2, 0) is 4.74 Å². The van der Waals surface area contributed by atoms with Gasteiger partial charge >= 0.3 is 0 Å². The maximum Gasteiger partial charge on any atom is 0.191 e. The van der Waals surface area contributed by atoms with Gasteiger partial charge in [0.25, 0.3) is 0 Å². The van der Waals surface area contributed by atoms with Crippen LogP contribution < -0.4 is 10.6 Å². The first-order valence-electron chi connectivity index (χ1n) is 8.53. The number of nitrogens with zero attached hydrogens (tertiary/aromatic N) is 1. The second-order valence-electron chi connectivity index (χ2n) is 7.70. The lowest BCUT2D eigenvalue weighted by Crippen LogP contribution is -2.71. The molecule has 2 aliphatic rings. The van der Waals surface area contributed by atoms with Crippen molar-refractivity contribution in [1.29, 1.82) is 0 Å². The predicted molar refractivity (Wildman–Crippen MR) is 96.7 cm³/mol. The highest BCUT2D eigenvalue weighted by molar-refractivity contribution is 7.99. The normalized spacial score (nSPS) is 31.2. The van der Waals surface area contributed by atoms with E-state index in [-0.39, 0.29) is 10.2 Å². The summed E-state index contributed by atoms with van der Waals surface area (Å²) in [6.07, 6.45) is 5.00. The zero-order valence-corrected chi connectivity index (χ0v) is 15.8. The van der Waals surface area contributed by atoms with E-state index < -0.39 is 0 Å². The van der Waals surface area contributed by atoms with Gasteiger partial charge in [0.15, 0.2) is 5.96 Å². The molecular formula is C17H33N3OS. The van der Waals surface area contributed by atoms with Gasteiger partial charge in [-0.1, -0.05) is 13.8 Å². The molecule has 5 heteroatoms. The summed E-state index contributed by atoms with van der Waals surface area (Å²) in [5.74, 6) is 1.58. The quantitative estimate of drug-likeness (QED) is 0.602. The average molecular weight is 328 g/mol. The molecule has 1 aliphatic heterocycles. The molecule has 1 saturated heterocycles. The van der Waals surface area contributed by atoms with Crippen LogP contribution in [0.3, 0.4) is 0 Å². The van der Waals surface area contributed by atoms with E-state index in [1.165, 1.54) is 12.8 Å². The highest BCUT2D eigenvalue weighted by atomic mass is 32.2. The number of rotatable bonds is 5. The first kappa shape index (κ1) is 17.9. The summed E-state index contributed by atoms with van der Waals surface area (Å²) in [4.78, 5) is 4.81. The first-order chi connectivity index (χ1) is 10.3. The van der Waals surface area contributed by atoms with Crippen LogP contribution in [0.25, 0.3) is 0 Å². The Morgan fingerprint density at radius 1 is 1.41 bits per heavy atom. The van der Waals surface area contributed by atoms with Crippen molar-refractivity contribution < 1.29 is 4.74 Å². The average Bonchev–Trinajstić information content (AvgIpc) is 2.50. The molecule has 0 aromatic rings. The Morgan fingerprint density at radius 3 is 2.77 bits per heavy atom. The van der Waals surface area contributed by atoms with Gasteiger partial charge in [-0.3, -0.25) is 4.99 Å². The van der Waals surface area contributed by atoms with Crippen LogP contribution in [0, 0.1) is 11.3 Å². The second-order valence-corrected chi connectivity index (χ2v) is 9.21. The fourth-order valence-corrected chi connectivity index (χ4v) is 3.81. The van der Waals surface area contributed by atoms with E-state index in [0.29, 0.717) is 18.1 Å². The molecule has 1 aliphatic carbocycles. The third-order valence-electron chi connectivity index (χ3n) is 5.14. The lowest BCUT2D eigenvalue weighted by atomic mass is 9.55. The van der Waals surface area contributed by atoms with Gasteiger partial charge in [0.1, 0.15) is 0 Å². The van der Waals surface area contributed by atoms with Gasteiger partial charge in [-0.25, -0.2) is 0 Å². The number of hydrogen-bond donors (Lipinski definition) is 2. The van der Waals surface area contributed by atoms with Gasteiger partial charge in [-0.15, -0.1) is 0 Å². The minimum atomic E-state index is 0.175. The van der Waals surface area contributed by atoms with Gasteiger partial charge < -0.3 is 15.4 Å². The summed E-state index contributed by atoms with van der Waals surface area (Å²) in [5.41, 5.74) is 0.177. The maximum atomic E-state index is 5.99. The highest BCUT2D eigenvalue weighted by Gasteiger charge is 2.58. The van der Waals surface area contributed by atoms with Gasteiger partial charge in [0.2, 0.25) is 0 Å². The Labute approximate surface area is 140 Å². The second kappa shape index (κ2) is 7.00. The van der Waals surface area contributed by atoms with Crippen LogP contribution in [-0.4, -0.2) is 48.8 Å². The van der Waals surface area contributed by atoms with Crippen LogP contribution in [0.2, 0.25) is 0 Å². The summed E-state index contributed by atoms with van der Waals surface area (Å²) < 4.78 is 6.17. The summed E-state index contributed by atoms with van der Waals surface area (Å²) in [7, 11) is 0. The number of nitrogens with one attached hydrogen (secondary N) is 2. The van der Waals surface area contributed by atoms with Gasteiger partial charge in [0.05, 0.1) is 12.6 Å². The smallest absolute Gasteiger partial charge is 0.191 e. The van der Waals surface area contributed by atoms with Gasteiger partial charge in [0, 0.05) is 35.3 Å². The Hall–Kier alpha value is -0.420. The largest absolute Gasteiger partial charge is 0.377 e. The monoisotopic (exact) mass is 327 g/mol. The number of aliphatic imine (C=N–C) groups is 1. The highest BCUT2D eigenvalue weighted by Crippen LogP contribution is 2.51. The van der Waals surface area contributed by atoms with E-state index in [0.717, 1.165) is 25.7 Å². The molecular weight excluding hydrogens is 294 g/mol. The SMILES string of the molecule is CCNC(=NCC(C)(C)SC)NC1C2CCCOC2C1(C)C. The molecule has 3 unspecified atom stereocenters. The molecule has 1 heterocycles. The predicted octanol–water partition coefficient (Wildman–Crippen LogP) is 2.89. The molecule has 0 bridgehead atoms. The lowest BCUT2D eigenvalue weighted by molar-refractivity contribution is -0.188. The molecule has 1 saturated carbocycles. The van der Waals surface area contributed by atoms with E-state index in [1.54, 1.807) is 0 Å². The van der Waals surface area contributed by atoms with Crippen molar-refractivity contribution in [3.8, 4) is 0 Å².